The second-order valence-electron chi connectivity index (χ2n) is 8.13. The molecule has 1 aliphatic heterocycles. The summed E-state index contributed by atoms with van der Waals surface area (Å²) in [6.07, 6.45) is -0.0830. The van der Waals surface area contributed by atoms with Crippen LogP contribution in [0, 0.1) is 6.92 Å². The van der Waals surface area contributed by atoms with Crippen LogP contribution in [0.3, 0.4) is 0 Å². The number of hydrogen-bond acceptors (Lipinski definition) is 5. The van der Waals surface area contributed by atoms with E-state index in [-0.39, 0.29) is 29.1 Å². The molecular weight excluding hydrogens is 437 g/mol. The Balaban J connectivity index is 1.60. The maximum atomic E-state index is 14.2. The minimum atomic E-state index is -4.81. The van der Waals surface area contributed by atoms with Crippen LogP contribution in [0.5, 0.6) is 0 Å². The number of amides is 1. The molecule has 1 aliphatic rings. The summed E-state index contributed by atoms with van der Waals surface area (Å²) in [5, 5.41) is 7.28. The number of aromatic nitrogens is 3. The summed E-state index contributed by atoms with van der Waals surface area (Å²) in [5.41, 5.74) is 0.401. The van der Waals surface area contributed by atoms with Gasteiger partial charge in [-0.15, -0.1) is 0 Å². The topological polar surface area (TPSA) is 82.2 Å². The molecule has 4 aromatic rings. The lowest BCUT2D eigenvalue weighted by molar-refractivity contribution is -0.137. The number of alkyl halides is 3. The van der Waals surface area contributed by atoms with E-state index in [9.17, 15) is 18.0 Å². The maximum absolute atomic E-state index is 14.2. The van der Waals surface area contributed by atoms with Crippen molar-refractivity contribution < 1.29 is 27.1 Å². The van der Waals surface area contributed by atoms with Gasteiger partial charge in [-0.05, 0) is 43.5 Å². The Morgan fingerprint density at radius 1 is 1.33 bits per heavy atom. The van der Waals surface area contributed by atoms with Crippen molar-refractivity contribution in [1.29, 1.82) is 0 Å². The fraction of sp³-hybridized carbons (Fsp3) is 0.348. The molecule has 0 aliphatic carbocycles. The van der Waals surface area contributed by atoms with Gasteiger partial charge in [0.25, 0.3) is 5.91 Å². The number of halogens is 3. The van der Waals surface area contributed by atoms with Crippen molar-refractivity contribution in [1.82, 2.24) is 20.1 Å². The molecule has 172 valence electrons. The third kappa shape index (κ3) is 4.06. The fourth-order valence-electron chi connectivity index (χ4n) is 4.22. The summed E-state index contributed by atoms with van der Waals surface area (Å²) < 4.78 is 55.0. The van der Waals surface area contributed by atoms with Gasteiger partial charge in [-0.1, -0.05) is 6.07 Å². The highest BCUT2D eigenvalue weighted by Crippen LogP contribution is 2.43. The van der Waals surface area contributed by atoms with Crippen LogP contribution < -0.4 is 5.32 Å². The third-order valence-corrected chi connectivity index (χ3v) is 5.76. The predicted molar refractivity (Wildman–Crippen MR) is 114 cm³/mol. The van der Waals surface area contributed by atoms with Gasteiger partial charge in [-0.25, -0.2) is 0 Å². The molecule has 0 unspecified atom stereocenters. The number of carbonyl (C=O) groups excluding carboxylic acids is 1. The Labute approximate surface area is 186 Å². The predicted octanol–water partition coefficient (Wildman–Crippen LogP) is 4.46. The van der Waals surface area contributed by atoms with Crippen molar-refractivity contribution >= 4 is 27.8 Å². The number of nitrogens with zero attached hydrogens (tertiary/aromatic N) is 3. The van der Waals surface area contributed by atoms with E-state index in [1.54, 1.807) is 30.1 Å². The van der Waals surface area contributed by atoms with Crippen LogP contribution in [-0.2, 0) is 17.5 Å². The molecule has 0 bridgehead atoms. The number of pyridine rings is 1. The molecule has 0 spiro atoms. The molecule has 1 atom stereocenters. The average molecular weight is 458 g/mol. The van der Waals surface area contributed by atoms with Crippen molar-refractivity contribution in [3.63, 3.8) is 0 Å². The molecule has 1 N–H and O–H groups in total. The molecule has 4 heterocycles. The van der Waals surface area contributed by atoms with Gasteiger partial charge < -0.3 is 14.5 Å². The summed E-state index contributed by atoms with van der Waals surface area (Å²) in [6, 6.07) is 6.93. The Kier molecular flexibility index (Phi) is 5.32. The second-order valence-corrected chi connectivity index (χ2v) is 8.13. The first-order chi connectivity index (χ1) is 15.8. The van der Waals surface area contributed by atoms with Gasteiger partial charge >= 0.3 is 6.18 Å². The Morgan fingerprint density at radius 3 is 2.88 bits per heavy atom. The molecule has 33 heavy (non-hydrogen) atoms. The molecule has 1 aromatic carbocycles. The van der Waals surface area contributed by atoms with Crippen molar-refractivity contribution in [2.45, 2.75) is 38.6 Å². The summed E-state index contributed by atoms with van der Waals surface area (Å²) in [7, 11) is 0. The summed E-state index contributed by atoms with van der Waals surface area (Å²) in [6.45, 7) is 2.77. The Bertz CT molecular complexity index is 1320. The first-order valence-electron chi connectivity index (χ1n) is 10.6. The largest absolute Gasteiger partial charge is 0.450 e. The summed E-state index contributed by atoms with van der Waals surface area (Å²) in [4.78, 5) is 17.0. The molecule has 1 saturated heterocycles. The first kappa shape index (κ1) is 21.4. The van der Waals surface area contributed by atoms with E-state index in [1.165, 1.54) is 6.07 Å². The molecule has 7 nitrogen and oxygen atoms in total. The van der Waals surface area contributed by atoms with Crippen LogP contribution in [0.1, 0.15) is 40.2 Å². The molecular formula is C23H21F3N4O3. The standard InChI is InChI=1S/C23H21F3N4O3/c1-13-9-17-18(20-16(13)12-30(29-20)11-14-5-2-3-7-27-14)19(23(24,25)26)21(33-17)22(31)28-10-15-6-4-8-32-15/h2-3,5,7,9,12,15H,4,6,8,10-11H2,1H3,(H,28,31)/t15-/m0/s1. The van der Waals surface area contributed by atoms with Crippen molar-refractivity contribution in [2.24, 2.45) is 0 Å². The number of nitrogens with one attached hydrogen (secondary N) is 1. The minimum Gasteiger partial charge on any atom is -0.450 e. The van der Waals surface area contributed by atoms with Gasteiger partial charge in [-0.3, -0.25) is 14.5 Å². The highest BCUT2D eigenvalue weighted by atomic mass is 19.4. The lowest BCUT2D eigenvalue weighted by atomic mass is 10.0. The number of ether oxygens (including phenoxy) is 1. The number of rotatable bonds is 5. The van der Waals surface area contributed by atoms with Crippen LogP contribution in [0.2, 0.25) is 0 Å². The van der Waals surface area contributed by atoms with Gasteiger partial charge in [0, 0.05) is 30.9 Å². The molecule has 10 heteroatoms. The van der Waals surface area contributed by atoms with Crippen molar-refractivity contribution in [2.75, 3.05) is 13.2 Å². The number of aryl methyl sites for hydroxylation is 1. The lowest BCUT2D eigenvalue weighted by Gasteiger charge is -2.11. The lowest BCUT2D eigenvalue weighted by Crippen LogP contribution is -2.32. The Hall–Kier alpha value is -3.40. The third-order valence-electron chi connectivity index (χ3n) is 5.76. The summed E-state index contributed by atoms with van der Waals surface area (Å²) >= 11 is 0. The van der Waals surface area contributed by atoms with Crippen LogP contribution in [0.4, 0.5) is 13.2 Å². The molecule has 0 saturated carbocycles. The van der Waals surface area contributed by atoms with Crippen molar-refractivity contribution in [3.8, 4) is 0 Å². The van der Waals surface area contributed by atoms with E-state index in [0.717, 1.165) is 18.5 Å². The second kappa shape index (κ2) is 8.18. The maximum Gasteiger partial charge on any atom is 0.421 e. The van der Waals surface area contributed by atoms with E-state index >= 15 is 0 Å². The molecule has 1 amide bonds. The Morgan fingerprint density at radius 2 is 2.18 bits per heavy atom. The first-order valence-corrected chi connectivity index (χ1v) is 10.6. The van der Waals surface area contributed by atoms with Crippen LogP contribution >= 0.6 is 0 Å². The van der Waals surface area contributed by atoms with Gasteiger partial charge in [0.05, 0.1) is 23.7 Å². The van der Waals surface area contributed by atoms with E-state index in [1.807, 2.05) is 12.1 Å². The van der Waals surface area contributed by atoms with Crippen molar-refractivity contribution in [3.05, 3.63) is 59.2 Å². The molecule has 5 rings (SSSR count). The van der Waals surface area contributed by atoms with Gasteiger partial charge in [-0.2, -0.15) is 18.3 Å². The number of fused-ring (bicyclic) bond motifs is 3. The molecule has 1 fully saturated rings. The van der Waals surface area contributed by atoms with E-state index in [4.69, 9.17) is 9.15 Å². The monoisotopic (exact) mass is 458 g/mol. The van der Waals surface area contributed by atoms with E-state index < -0.39 is 23.4 Å². The smallest absolute Gasteiger partial charge is 0.421 e. The van der Waals surface area contributed by atoms with Gasteiger partial charge in [0.1, 0.15) is 16.7 Å². The molecule has 0 radical (unpaired) electrons. The SMILES string of the molecule is Cc1cc2oc(C(=O)NC[C@@H]3CCCO3)c(C(F)(F)F)c2c2nn(Cc3ccccn3)cc12. The zero-order valence-electron chi connectivity index (χ0n) is 17.8. The zero-order chi connectivity index (χ0) is 23.2. The van der Waals surface area contributed by atoms with E-state index in [0.29, 0.717) is 24.1 Å². The minimum absolute atomic E-state index is 0.0299. The number of furan rings is 1. The number of carbonyl (C=O) groups is 1. The quantitative estimate of drug-likeness (QED) is 0.478. The van der Waals surface area contributed by atoms with Crippen LogP contribution in [-0.4, -0.2) is 39.9 Å². The summed E-state index contributed by atoms with van der Waals surface area (Å²) in [5.74, 6) is -1.69. The number of benzene rings is 1. The zero-order valence-corrected chi connectivity index (χ0v) is 17.8. The van der Waals surface area contributed by atoms with Crippen LogP contribution in [0.15, 0.2) is 41.1 Å². The van der Waals surface area contributed by atoms with E-state index in [2.05, 4.69) is 15.4 Å². The molecule has 3 aromatic heterocycles. The highest BCUT2D eigenvalue weighted by Gasteiger charge is 2.42. The number of hydrogen-bond donors (Lipinski definition) is 1. The van der Waals surface area contributed by atoms with Gasteiger partial charge in [0.2, 0.25) is 5.76 Å². The normalized spacial score (nSPS) is 16.7. The average Bonchev–Trinajstić information content (AvgIpc) is 3.50. The van der Waals surface area contributed by atoms with Gasteiger partial charge in [0.15, 0.2) is 0 Å². The van der Waals surface area contributed by atoms with Crippen LogP contribution in [0.25, 0.3) is 21.9 Å². The highest BCUT2D eigenvalue weighted by molar-refractivity contribution is 6.10. The fourth-order valence-corrected chi connectivity index (χ4v) is 4.22.